The van der Waals surface area contributed by atoms with Crippen molar-refractivity contribution in [1.29, 1.82) is 0 Å². The van der Waals surface area contributed by atoms with Crippen molar-refractivity contribution >= 4 is 11.8 Å². The summed E-state index contributed by atoms with van der Waals surface area (Å²) in [6.45, 7) is 5.49. The highest BCUT2D eigenvalue weighted by atomic mass is 16.6. The number of amides is 1. The van der Waals surface area contributed by atoms with Gasteiger partial charge in [0.25, 0.3) is 0 Å². The monoisotopic (exact) mass is 306 g/mol. The van der Waals surface area contributed by atoms with Crippen LogP contribution in [0.5, 0.6) is 5.75 Å². The summed E-state index contributed by atoms with van der Waals surface area (Å²) < 4.78 is 10.7. The van der Waals surface area contributed by atoms with E-state index in [4.69, 9.17) is 15.2 Å². The van der Waals surface area contributed by atoms with E-state index in [9.17, 15) is 4.79 Å². The molecule has 0 unspecified atom stereocenters. The minimum Gasteiger partial charge on any atom is -0.496 e. The SMILES string of the molecule is COc1cc(NC(=O)OC(C)(C)C)ccc1CCC1(N)CC1. The van der Waals surface area contributed by atoms with Gasteiger partial charge in [0.05, 0.1) is 7.11 Å². The fourth-order valence-corrected chi connectivity index (χ4v) is 2.24. The lowest BCUT2D eigenvalue weighted by Gasteiger charge is -2.20. The number of benzene rings is 1. The Bertz CT molecular complexity index is 545. The van der Waals surface area contributed by atoms with Crippen molar-refractivity contribution in [2.45, 2.75) is 57.6 Å². The summed E-state index contributed by atoms with van der Waals surface area (Å²) >= 11 is 0. The Morgan fingerprint density at radius 2 is 2.05 bits per heavy atom. The molecule has 122 valence electrons. The van der Waals surface area contributed by atoms with E-state index in [1.54, 1.807) is 7.11 Å². The van der Waals surface area contributed by atoms with Crippen LogP contribution in [0, 0.1) is 0 Å². The summed E-state index contributed by atoms with van der Waals surface area (Å²) in [6.07, 6.45) is 3.58. The molecule has 5 heteroatoms. The van der Waals surface area contributed by atoms with Gasteiger partial charge in [-0.2, -0.15) is 0 Å². The molecule has 0 atom stereocenters. The molecule has 1 fully saturated rings. The van der Waals surface area contributed by atoms with Crippen LogP contribution in [-0.2, 0) is 11.2 Å². The van der Waals surface area contributed by atoms with E-state index >= 15 is 0 Å². The second-order valence-electron chi connectivity index (χ2n) is 7.02. The molecule has 1 aromatic carbocycles. The van der Waals surface area contributed by atoms with E-state index in [0.29, 0.717) is 5.69 Å². The third-order valence-electron chi connectivity index (χ3n) is 3.72. The molecule has 0 heterocycles. The maximum Gasteiger partial charge on any atom is 0.412 e. The van der Waals surface area contributed by atoms with Crippen LogP contribution >= 0.6 is 0 Å². The van der Waals surface area contributed by atoms with Crippen LogP contribution in [0.2, 0.25) is 0 Å². The highest BCUT2D eigenvalue weighted by Gasteiger charge is 2.37. The van der Waals surface area contributed by atoms with Crippen molar-refractivity contribution in [1.82, 2.24) is 0 Å². The van der Waals surface area contributed by atoms with E-state index < -0.39 is 11.7 Å². The van der Waals surface area contributed by atoms with Crippen molar-refractivity contribution in [3.63, 3.8) is 0 Å². The Morgan fingerprint density at radius 3 is 2.59 bits per heavy atom. The zero-order chi connectivity index (χ0) is 16.4. The van der Waals surface area contributed by atoms with Crippen LogP contribution in [0.4, 0.5) is 10.5 Å². The molecule has 1 saturated carbocycles. The molecular formula is C17H26N2O3. The maximum atomic E-state index is 11.8. The lowest BCUT2D eigenvalue weighted by atomic mass is 10.0. The van der Waals surface area contributed by atoms with Gasteiger partial charge in [-0.3, -0.25) is 5.32 Å². The van der Waals surface area contributed by atoms with Gasteiger partial charge in [0.2, 0.25) is 0 Å². The molecule has 2 rings (SSSR count). The van der Waals surface area contributed by atoms with E-state index in [1.807, 2.05) is 39.0 Å². The highest BCUT2D eigenvalue weighted by Crippen LogP contribution is 2.37. The number of hydrogen-bond acceptors (Lipinski definition) is 4. The van der Waals surface area contributed by atoms with Gasteiger partial charge in [0.15, 0.2) is 0 Å². The van der Waals surface area contributed by atoms with Gasteiger partial charge in [-0.25, -0.2) is 4.79 Å². The second kappa shape index (κ2) is 6.16. The normalized spacial score (nSPS) is 16.0. The predicted octanol–water partition coefficient (Wildman–Crippen LogP) is 3.47. The molecule has 1 aliphatic carbocycles. The first-order valence-electron chi connectivity index (χ1n) is 7.67. The van der Waals surface area contributed by atoms with Crippen molar-refractivity contribution < 1.29 is 14.3 Å². The molecule has 0 aromatic heterocycles. The second-order valence-corrected chi connectivity index (χ2v) is 7.02. The Morgan fingerprint density at radius 1 is 1.36 bits per heavy atom. The number of methoxy groups -OCH3 is 1. The first-order valence-corrected chi connectivity index (χ1v) is 7.67. The van der Waals surface area contributed by atoms with Gasteiger partial charge in [-0.05, 0) is 58.1 Å². The summed E-state index contributed by atoms with van der Waals surface area (Å²) in [6, 6.07) is 5.64. The largest absolute Gasteiger partial charge is 0.496 e. The molecular weight excluding hydrogens is 280 g/mol. The average molecular weight is 306 g/mol. The van der Waals surface area contributed by atoms with Crippen molar-refractivity contribution in [3.05, 3.63) is 23.8 Å². The number of nitrogens with two attached hydrogens (primary N) is 1. The Balaban J connectivity index is 2.00. The van der Waals surface area contributed by atoms with Crippen LogP contribution in [0.15, 0.2) is 18.2 Å². The standard InChI is InChI=1S/C17H26N2O3/c1-16(2,3)22-15(20)19-13-6-5-12(14(11-13)21-4)7-8-17(18)9-10-17/h5-6,11H,7-10,18H2,1-4H3,(H,19,20). The van der Waals surface area contributed by atoms with Crippen molar-refractivity contribution in [3.8, 4) is 5.75 Å². The Kier molecular flexibility index (Phi) is 4.66. The van der Waals surface area contributed by atoms with Gasteiger partial charge >= 0.3 is 6.09 Å². The molecule has 1 amide bonds. The molecule has 0 spiro atoms. The number of ether oxygens (including phenoxy) is 2. The minimum absolute atomic E-state index is 0.0262. The van der Waals surface area contributed by atoms with Gasteiger partial charge in [0.1, 0.15) is 11.4 Å². The number of hydrogen-bond donors (Lipinski definition) is 2. The molecule has 5 nitrogen and oxygen atoms in total. The maximum absolute atomic E-state index is 11.8. The summed E-state index contributed by atoms with van der Waals surface area (Å²) in [5, 5.41) is 2.72. The van der Waals surface area contributed by atoms with Crippen LogP contribution in [0.1, 0.15) is 45.6 Å². The molecule has 0 aliphatic heterocycles. The Hall–Kier alpha value is -1.75. The highest BCUT2D eigenvalue weighted by molar-refractivity contribution is 5.85. The Labute approximate surface area is 132 Å². The zero-order valence-electron chi connectivity index (χ0n) is 13.9. The van der Waals surface area contributed by atoms with E-state index in [1.165, 1.54) is 0 Å². The van der Waals surface area contributed by atoms with Crippen molar-refractivity contribution in [2.75, 3.05) is 12.4 Å². The lowest BCUT2D eigenvalue weighted by Crippen LogP contribution is -2.27. The number of carbonyl (C=O) groups excluding carboxylic acids is 1. The third-order valence-corrected chi connectivity index (χ3v) is 3.72. The van der Waals surface area contributed by atoms with E-state index in [0.717, 1.165) is 37.0 Å². The number of rotatable bonds is 5. The van der Waals surface area contributed by atoms with Crippen LogP contribution < -0.4 is 15.8 Å². The van der Waals surface area contributed by atoms with Crippen LogP contribution in [0.3, 0.4) is 0 Å². The zero-order valence-corrected chi connectivity index (χ0v) is 13.9. The molecule has 22 heavy (non-hydrogen) atoms. The summed E-state index contributed by atoms with van der Waals surface area (Å²) in [5.74, 6) is 0.762. The number of carbonyl (C=O) groups is 1. The van der Waals surface area contributed by atoms with E-state index in [-0.39, 0.29) is 5.54 Å². The minimum atomic E-state index is -0.520. The first-order chi connectivity index (χ1) is 10.2. The fraction of sp³-hybridized carbons (Fsp3) is 0.588. The summed E-state index contributed by atoms with van der Waals surface area (Å²) in [5.41, 5.74) is 7.39. The molecule has 3 N–H and O–H groups in total. The molecule has 0 saturated heterocycles. The topological polar surface area (TPSA) is 73.6 Å². The smallest absolute Gasteiger partial charge is 0.412 e. The summed E-state index contributed by atoms with van der Waals surface area (Å²) in [4.78, 5) is 11.8. The van der Waals surface area contributed by atoms with Gasteiger partial charge in [-0.15, -0.1) is 0 Å². The third kappa shape index (κ3) is 4.91. The van der Waals surface area contributed by atoms with Gasteiger partial charge in [-0.1, -0.05) is 6.07 Å². The predicted molar refractivity (Wildman–Crippen MR) is 87.3 cm³/mol. The number of nitrogens with one attached hydrogen (secondary N) is 1. The molecule has 1 aliphatic rings. The number of aryl methyl sites for hydroxylation is 1. The van der Waals surface area contributed by atoms with E-state index in [2.05, 4.69) is 5.32 Å². The van der Waals surface area contributed by atoms with Crippen LogP contribution in [-0.4, -0.2) is 24.3 Å². The summed E-state index contributed by atoms with van der Waals surface area (Å²) in [7, 11) is 1.63. The average Bonchev–Trinajstić information content (AvgIpc) is 3.13. The quantitative estimate of drug-likeness (QED) is 0.873. The molecule has 1 aromatic rings. The first kappa shape index (κ1) is 16.6. The fourth-order valence-electron chi connectivity index (χ4n) is 2.24. The molecule has 0 radical (unpaired) electrons. The van der Waals surface area contributed by atoms with Gasteiger partial charge in [0, 0.05) is 17.3 Å². The number of anilines is 1. The van der Waals surface area contributed by atoms with Gasteiger partial charge < -0.3 is 15.2 Å². The van der Waals surface area contributed by atoms with Crippen molar-refractivity contribution in [2.24, 2.45) is 5.73 Å². The lowest BCUT2D eigenvalue weighted by molar-refractivity contribution is 0.0636. The van der Waals surface area contributed by atoms with Crippen LogP contribution in [0.25, 0.3) is 0 Å². The molecule has 0 bridgehead atoms.